The predicted octanol–water partition coefficient (Wildman–Crippen LogP) is 5.01. The molecule has 5 rings (SSSR count). The lowest BCUT2D eigenvalue weighted by Crippen LogP contribution is -2.74. The molecule has 6 nitrogen and oxygen atoms in total. The first-order chi connectivity index (χ1) is 17.0. The predicted molar refractivity (Wildman–Crippen MR) is 136 cm³/mol. The third-order valence-corrected chi connectivity index (χ3v) is 7.70. The zero-order valence-electron chi connectivity index (χ0n) is 19.1. The second kappa shape index (κ2) is 9.27. The van der Waals surface area contributed by atoms with Crippen LogP contribution in [0.1, 0.15) is 5.56 Å². The standard InChI is InChI=1S/C28H24N2O4S/c1-21-17-19-25(20-18-21)35(32,33)30(23-13-7-3-8-14-23)27-26(34-24-15-9-4-10-16-24)28(31)29(27)22-11-5-2-6-12-22/h2-20,26-27H,1H3/t26-,27+/m1/s1. The first kappa shape index (κ1) is 22.7. The molecule has 1 saturated heterocycles. The van der Waals surface area contributed by atoms with E-state index in [4.69, 9.17) is 4.74 Å². The zero-order valence-corrected chi connectivity index (χ0v) is 19.9. The molecule has 1 amide bonds. The van der Waals surface area contributed by atoms with Gasteiger partial charge in [0.25, 0.3) is 15.9 Å². The van der Waals surface area contributed by atoms with E-state index in [1.165, 1.54) is 9.21 Å². The van der Waals surface area contributed by atoms with Gasteiger partial charge in [0, 0.05) is 5.69 Å². The molecular formula is C28H24N2O4S. The number of nitrogens with zero attached hydrogens (tertiary/aromatic N) is 2. The van der Waals surface area contributed by atoms with Crippen LogP contribution in [0, 0.1) is 6.92 Å². The van der Waals surface area contributed by atoms with E-state index in [0.717, 1.165) is 5.56 Å². The van der Waals surface area contributed by atoms with E-state index in [-0.39, 0.29) is 10.8 Å². The number of carbonyl (C=O) groups excluding carboxylic acids is 1. The molecule has 0 saturated carbocycles. The third kappa shape index (κ3) is 4.26. The van der Waals surface area contributed by atoms with Crippen LogP contribution in [0.25, 0.3) is 0 Å². The summed E-state index contributed by atoms with van der Waals surface area (Å²) in [5, 5.41) is 0. The number of hydrogen-bond acceptors (Lipinski definition) is 4. The van der Waals surface area contributed by atoms with Gasteiger partial charge in [-0.2, -0.15) is 0 Å². The van der Waals surface area contributed by atoms with Crippen molar-refractivity contribution in [3.63, 3.8) is 0 Å². The normalized spacial score (nSPS) is 17.5. The number of para-hydroxylation sites is 3. The van der Waals surface area contributed by atoms with E-state index in [2.05, 4.69) is 0 Å². The molecule has 1 heterocycles. The average molecular weight is 485 g/mol. The number of carbonyl (C=O) groups is 1. The van der Waals surface area contributed by atoms with Crippen LogP contribution in [0.2, 0.25) is 0 Å². The topological polar surface area (TPSA) is 66.9 Å². The summed E-state index contributed by atoms with van der Waals surface area (Å²) >= 11 is 0. The average Bonchev–Trinajstić information content (AvgIpc) is 2.89. The summed E-state index contributed by atoms with van der Waals surface area (Å²) in [6.45, 7) is 1.90. The first-order valence-corrected chi connectivity index (χ1v) is 12.7. The lowest BCUT2D eigenvalue weighted by Gasteiger charge is -2.50. The highest BCUT2D eigenvalue weighted by molar-refractivity contribution is 7.92. The van der Waals surface area contributed by atoms with E-state index in [0.29, 0.717) is 17.1 Å². The van der Waals surface area contributed by atoms with Crippen LogP contribution in [0.15, 0.2) is 120 Å². The van der Waals surface area contributed by atoms with Gasteiger partial charge in [0.15, 0.2) is 6.17 Å². The molecule has 1 aliphatic rings. The van der Waals surface area contributed by atoms with Crippen molar-refractivity contribution in [3.8, 4) is 5.75 Å². The summed E-state index contributed by atoms with van der Waals surface area (Å²) in [4.78, 5) is 15.0. The fraction of sp³-hybridized carbons (Fsp3) is 0.107. The minimum absolute atomic E-state index is 0.137. The molecule has 176 valence electrons. The molecule has 0 aromatic heterocycles. The van der Waals surface area contributed by atoms with Crippen LogP contribution >= 0.6 is 0 Å². The molecule has 0 spiro atoms. The number of sulfonamides is 1. The van der Waals surface area contributed by atoms with Crippen LogP contribution in [0.5, 0.6) is 5.75 Å². The summed E-state index contributed by atoms with van der Waals surface area (Å²) in [5.41, 5.74) is 1.98. The molecule has 7 heteroatoms. The smallest absolute Gasteiger partial charge is 0.274 e. The Bertz CT molecular complexity index is 1410. The quantitative estimate of drug-likeness (QED) is 0.346. The van der Waals surface area contributed by atoms with Crippen LogP contribution in [-0.2, 0) is 14.8 Å². The maximum atomic E-state index is 14.1. The molecule has 1 fully saturated rings. The van der Waals surface area contributed by atoms with Gasteiger partial charge in [-0.05, 0) is 55.5 Å². The van der Waals surface area contributed by atoms with Gasteiger partial charge in [0.05, 0.1) is 10.6 Å². The Morgan fingerprint density at radius 3 is 1.89 bits per heavy atom. The van der Waals surface area contributed by atoms with Crippen molar-refractivity contribution >= 4 is 27.3 Å². The molecule has 1 aliphatic heterocycles. The van der Waals surface area contributed by atoms with Crippen molar-refractivity contribution in [2.45, 2.75) is 24.1 Å². The van der Waals surface area contributed by atoms with Crippen molar-refractivity contribution in [1.29, 1.82) is 0 Å². The van der Waals surface area contributed by atoms with Gasteiger partial charge in [-0.25, -0.2) is 12.7 Å². The van der Waals surface area contributed by atoms with E-state index < -0.39 is 22.3 Å². The van der Waals surface area contributed by atoms with Crippen LogP contribution < -0.4 is 13.9 Å². The number of benzene rings is 4. The maximum absolute atomic E-state index is 14.1. The van der Waals surface area contributed by atoms with Crippen molar-refractivity contribution in [3.05, 3.63) is 121 Å². The number of ether oxygens (including phenoxy) is 1. The van der Waals surface area contributed by atoms with Crippen molar-refractivity contribution in [2.24, 2.45) is 0 Å². The summed E-state index contributed by atoms with van der Waals surface area (Å²) < 4.78 is 35.6. The first-order valence-electron chi connectivity index (χ1n) is 11.2. The second-order valence-electron chi connectivity index (χ2n) is 8.26. The Morgan fingerprint density at radius 2 is 1.29 bits per heavy atom. The lowest BCUT2D eigenvalue weighted by atomic mass is 10.0. The molecule has 4 aromatic rings. The highest BCUT2D eigenvalue weighted by atomic mass is 32.2. The number of anilines is 2. The van der Waals surface area contributed by atoms with E-state index in [1.54, 1.807) is 84.9 Å². The van der Waals surface area contributed by atoms with Gasteiger partial charge >= 0.3 is 0 Å². The van der Waals surface area contributed by atoms with Gasteiger partial charge in [0.1, 0.15) is 5.75 Å². The van der Waals surface area contributed by atoms with E-state index in [1.807, 2.05) is 37.3 Å². The van der Waals surface area contributed by atoms with Crippen molar-refractivity contribution in [1.82, 2.24) is 0 Å². The number of amides is 1. The van der Waals surface area contributed by atoms with Crippen molar-refractivity contribution in [2.75, 3.05) is 9.21 Å². The molecule has 0 unspecified atom stereocenters. The summed E-state index contributed by atoms with van der Waals surface area (Å²) in [6, 6.07) is 33.5. The molecule has 2 atom stereocenters. The van der Waals surface area contributed by atoms with Gasteiger partial charge < -0.3 is 4.74 Å². The van der Waals surface area contributed by atoms with Gasteiger partial charge in [-0.1, -0.05) is 72.3 Å². The molecule has 0 aliphatic carbocycles. The maximum Gasteiger partial charge on any atom is 0.274 e. The minimum Gasteiger partial charge on any atom is -0.476 e. The van der Waals surface area contributed by atoms with Gasteiger partial charge in [-0.3, -0.25) is 9.69 Å². The Morgan fingerprint density at radius 1 is 0.743 bits per heavy atom. The number of aryl methyl sites for hydroxylation is 1. The number of rotatable bonds is 7. The molecule has 35 heavy (non-hydrogen) atoms. The summed E-state index contributed by atoms with van der Waals surface area (Å²) in [6.07, 6.45) is -1.96. The molecule has 0 N–H and O–H groups in total. The fourth-order valence-electron chi connectivity index (χ4n) is 4.13. The minimum atomic E-state index is -4.06. The van der Waals surface area contributed by atoms with Gasteiger partial charge in [0.2, 0.25) is 6.10 Å². The third-order valence-electron chi connectivity index (χ3n) is 5.89. The Labute approximate surface area is 205 Å². The highest BCUT2D eigenvalue weighted by Crippen LogP contribution is 2.38. The van der Waals surface area contributed by atoms with Crippen LogP contribution in [0.4, 0.5) is 11.4 Å². The monoisotopic (exact) mass is 484 g/mol. The number of β-lactam (4-membered cyclic amide) rings is 1. The highest BCUT2D eigenvalue weighted by Gasteiger charge is 2.56. The van der Waals surface area contributed by atoms with Crippen molar-refractivity contribution < 1.29 is 17.9 Å². The summed E-state index contributed by atoms with van der Waals surface area (Å²) in [7, 11) is -4.06. The lowest BCUT2D eigenvalue weighted by molar-refractivity contribution is -0.134. The second-order valence-corrected chi connectivity index (χ2v) is 10.1. The van der Waals surface area contributed by atoms with Crippen LogP contribution in [-0.4, -0.2) is 26.6 Å². The SMILES string of the molecule is Cc1ccc(S(=O)(=O)N(c2ccccc2)[C@H]2[C@@H](Oc3ccccc3)C(=O)N2c2ccccc2)cc1. The largest absolute Gasteiger partial charge is 0.476 e. The Balaban J connectivity index is 1.65. The van der Waals surface area contributed by atoms with E-state index >= 15 is 0 Å². The molecular weight excluding hydrogens is 460 g/mol. The number of hydrogen-bond donors (Lipinski definition) is 0. The molecule has 0 radical (unpaired) electrons. The van der Waals surface area contributed by atoms with Gasteiger partial charge in [-0.15, -0.1) is 0 Å². The van der Waals surface area contributed by atoms with E-state index in [9.17, 15) is 13.2 Å². The summed E-state index contributed by atoms with van der Waals surface area (Å²) in [5.74, 6) is 0.175. The van der Waals surface area contributed by atoms with Crippen LogP contribution in [0.3, 0.4) is 0 Å². The molecule has 0 bridgehead atoms. The fourth-order valence-corrected chi connectivity index (χ4v) is 5.73. The molecule has 4 aromatic carbocycles. The Kier molecular flexibility index (Phi) is 6.01. The Hall–Kier alpha value is -4.10. The zero-order chi connectivity index (χ0) is 24.4.